The van der Waals surface area contributed by atoms with Crippen LogP contribution in [0.2, 0.25) is 0 Å². The maximum Gasteiger partial charge on any atom is 0.237 e. The Labute approximate surface area is 177 Å². The van der Waals surface area contributed by atoms with Gasteiger partial charge in [0.15, 0.2) is 0 Å². The molecule has 3 N–H and O–H groups in total. The number of nitrogens with one attached hydrogen (secondary N) is 1. The molecular weight excluding hydrogens is 372 g/mol. The molecule has 0 aromatic heterocycles. The number of benzene rings is 3. The summed E-state index contributed by atoms with van der Waals surface area (Å²) < 4.78 is 0. The second-order valence-electron chi connectivity index (χ2n) is 7.70. The molecule has 5 nitrogen and oxygen atoms in total. The number of nitrogens with two attached hydrogens (primary N) is 1. The molecule has 3 aromatic rings. The molecule has 1 heterocycles. The van der Waals surface area contributed by atoms with E-state index in [1.54, 1.807) is 0 Å². The molecule has 1 fully saturated rings. The van der Waals surface area contributed by atoms with Crippen LogP contribution in [-0.4, -0.2) is 41.2 Å². The molecule has 0 radical (unpaired) electrons. The van der Waals surface area contributed by atoms with E-state index in [4.69, 9.17) is 11.1 Å². The summed E-state index contributed by atoms with van der Waals surface area (Å²) in [6.45, 7) is 3.30. The third-order valence-electron chi connectivity index (χ3n) is 5.48. The minimum Gasteiger partial charge on any atom is -0.384 e. The van der Waals surface area contributed by atoms with E-state index in [-0.39, 0.29) is 11.7 Å². The van der Waals surface area contributed by atoms with E-state index in [1.807, 2.05) is 47.4 Å². The van der Waals surface area contributed by atoms with Crippen molar-refractivity contribution < 1.29 is 4.79 Å². The van der Waals surface area contributed by atoms with Crippen molar-refractivity contribution in [3.63, 3.8) is 0 Å². The van der Waals surface area contributed by atoms with Crippen LogP contribution in [0.3, 0.4) is 0 Å². The monoisotopic (exact) mass is 398 g/mol. The summed E-state index contributed by atoms with van der Waals surface area (Å²) in [6, 6.07) is 26.5. The fraction of sp³-hybridized carbons (Fsp3) is 0.200. The molecule has 0 unspecified atom stereocenters. The van der Waals surface area contributed by atoms with Gasteiger partial charge in [-0.2, -0.15) is 0 Å². The van der Waals surface area contributed by atoms with Crippen LogP contribution in [-0.2, 0) is 17.9 Å². The van der Waals surface area contributed by atoms with E-state index < -0.39 is 0 Å². The third kappa shape index (κ3) is 4.75. The van der Waals surface area contributed by atoms with Gasteiger partial charge < -0.3 is 10.6 Å². The van der Waals surface area contributed by atoms with Crippen molar-refractivity contribution in [1.29, 1.82) is 5.41 Å². The number of nitrogen functional groups attached to an aromatic ring is 1. The number of piperazine rings is 1. The average molecular weight is 399 g/mol. The average Bonchev–Trinajstić information content (AvgIpc) is 2.77. The number of hydrogen-bond donors (Lipinski definition) is 2. The summed E-state index contributed by atoms with van der Waals surface area (Å²) in [7, 11) is 0. The summed E-state index contributed by atoms with van der Waals surface area (Å²) in [6.07, 6.45) is 0. The Morgan fingerprint density at radius 3 is 2.27 bits per heavy atom. The van der Waals surface area contributed by atoms with E-state index in [0.717, 1.165) is 18.7 Å². The highest BCUT2D eigenvalue weighted by Crippen LogP contribution is 2.20. The van der Waals surface area contributed by atoms with Gasteiger partial charge in [-0.3, -0.25) is 15.1 Å². The van der Waals surface area contributed by atoms with Crippen LogP contribution < -0.4 is 5.73 Å². The smallest absolute Gasteiger partial charge is 0.237 e. The largest absolute Gasteiger partial charge is 0.384 e. The first-order valence-electron chi connectivity index (χ1n) is 10.2. The lowest BCUT2D eigenvalue weighted by atomic mass is 10.0. The highest BCUT2D eigenvalue weighted by molar-refractivity contribution is 5.95. The minimum atomic E-state index is 0.0475. The van der Waals surface area contributed by atoms with Crippen molar-refractivity contribution in [3.8, 4) is 11.1 Å². The molecule has 0 aliphatic carbocycles. The molecule has 0 bridgehead atoms. The number of hydrogen-bond acceptors (Lipinski definition) is 3. The van der Waals surface area contributed by atoms with E-state index in [0.29, 0.717) is 25.2 Å². The first kappa shape index (κ1) is 19.9. The summed E-state index contributed by atoms with van der Waals surface area (Å²) in [5.41, 5.74) is 10.9. The second kappa shape index (κ2) is 8.93. The van der Waals surface area contributed by atoms with Gasteiger partial charge in [-0.15, -0.1) is 0 Å². The van der Waals surface area contributed by atoms with Crippen molar-refractivity contribution in [2.45, 2.75) is 13.1 Å². The molecule has 4 rings (SSSR count). The molecule has 30 heavy (non-hydrogen) atoms. The van der Waals surface area contributed by atoms with Crippen molar-refractivity contribution in [2.75, 3.05) is 19.6 Å². The summed E-state index contributed by atoms with van der Waals surface area (Å²) in [5.74, 6) is 0.182. The number of amidine groups is 1. The zero-order chi connectivity index (χ0) is 20.9. The van der Waals surface area contributed by atoms with Crippen LogP contribution in [0.5, 0.6) is 0 Å². The van der Waals surface area contributed by atoms with Gasteiger partial charge in [-0.05, 0) is 28.3 Å². The normalized spacial score (nSPS) is 14.7. The van der Waals surface area contributed by atoms with E-state index in [1.165, 1.54) is 16.7 Å². The fourth-order valence-corrected chi connectivity index (χ4v) is 3.81. The topological polar surface area (TPSA) is 73.4 Å². The lowest BCUT2D eigenvalue weighted by Gasteiger charge is -2.34. The van der Waals surface area contributed by atoms with Crippen LogP contribution >= 0.6 is 0 Å². The molecule has 0 spiro atoms. The van der Waals surface area contributed by atoms with E-state index in [9.17, 15) is 4.79 Å². The molecule has 3 aromatic carbocycles. The third-order valence-corrected chi connectivity index (χ3v) is 5.48. The zero-order valence-electron chi connectivity index (χ0n) is 16.9. The molecule has 1 saturated heterocycles. The van der Waals surface area contributed by atoms with Gasteiger partial charge in [0.1, 0.15) is 5.84 Å². The maximum absolute atomic E-state index is 12.7. The van der Waals surface area contributed by atoms with E-state index >= 15 is 0 Å². The standard InChI is InChI=1S/C25H26N4O/c26-25(27)23-8-4-5-20(15-23)17-29-14-13-28(18-24(29)30)16-19-9-11-22(12-10-19)21-6-2-1-3-7-21/h1-12,15H,13-14,16-18H2,(H3,26,27). The predicted octanol–water partition coefficient (Wildman–Crippen LogP) is 3.48. The number of carbonyl (C=O) groups excluding carboxylic acids is 1. The van der Waals surface area contributed by atoms with Gasteiger partial charge >= 0.3 is 0 Å². The highest BCUT2D eigenvalue weighted by Gasteiger charge is 2.24. The number of carbonyl (C=O) groups is 1. The van der Waals surface area contributed by atoms with E-state index in [2.05, 4.69) is 41.3 Å². The number of rotatable bonds is 6. The predicted molar refractivity (Wildman–Crippen MR) is 120 cm³/mol. The SMILES string of the molecule is N=C(N)c1cccc(CN2CCN(Cc3ccc(-c4ccccc4)cc3)CC2=O)c1. The van der Waals surface area contributed by atoms with Gasteiger partial charge in [0.05, 0.1) is 6.54 Å². The van der Waals surface area contributed by atoms with Gasteiger partial charge in [-0.1, -0.05) is 72.8 Å². The van der Waals surface area contributed by atoms with Gasteiger partial charge in [0.25, 0.3) is 0 Å². The Kier molecular flexibility index (Phi) is 5.91. The van der Waals surface area contributed by atoms with Crippen LogP contribution in [0.25, 0.3) is 11.1 Å². The Balaban J connectivity index is 1.34. The van der Waals surface area contributed by atoms with Crippen LogP contribution in [0.15, 0.2) is 78.9 Å². The van der Waals surface area contributed by atoms with Crippen molar-refractivity contribution >= 4 is 11.7 Å². The van der Waals surface area contributed by atoms with Crippen LogP contribution in [0.4, 0.5) is 0 Å². The van der Waals surface area contributed by atoms with Gasteiger partial charge in [-0.25, -0.2) is 0 Å². The molecule has 1 aliphatic rings. The zero-order valence-corrected chi connectivity index (χ0v) is 16.9. The fourth-order valence-electron chi connectivity index (χ4n) is 3.81. The van der Waals surface area contributed by atoms with Crippen LogP contribution in [0, 0.1) is 5.41 Å². The molecule has 1 amide bonds. The summed E-state index contributed by atoms with van der Waals surface area (Å²) in [5, 5.41) is 7.58. The molecule has 0 atom stereocenters. The van der Waals surface area contributed by atoms with Gasteiger partial charge in [0.2, 0.25) is 5.91 Å². The first-order chi connectivity index (χ1) is 14.6. The lowest BCUT2D eigenvalue weighted by molar-refractivity contribution is -0.136. The van der Waals surface area contributed by atoms with Crippen molar-refractivity contribution in [2.24, 2.45) is 5.73 Å². The first-order valence-corrected chi connectivity index (χ1v) is 10.2. The maximum atomic E-state index is 12.7. The number of amides is 1. The minimum absolute atomic E-state index is 0.0475. The quantitative estimate of drug-likeness (QED) is 0.493. The molecule has 1 aliphatic heterocycles. The molecule has 0 saturated carbocycles. The van der Waals surface area contributed by atoms with Crippen molar-refractivity contribution in [3.05, 3.63) is 95.6 Å². The Hall–Kier alpha value is -3.44. The summed E-state index contributed by atoms with van der Waals surface area (Å²) in [4.78, 5) is 16.8. The second-order valence-corrected chi connectivity index (χ2v) is 7.70. The highest BCUT2D eigenvalue weighted by atomic mass is 16.2. The molecular formula is C25H26N4O. The molecule has 152 valence electrons. The Bertz CT molecular complexity index is 1030. The van der Waals surface area contributed by atoms with Crippen molar-refractivity contribution in [1.82, 2.24) is 9.80 Å². The lowest BCUT2D eigenvalue weighted by Crippen LogP contribution is -2.49. The Morgan fingerprint density at radius 2 is 1.57 bits per heavy atom. The summed E-state index contributed by atoms with van der Waals surface area (Å²) >= 11 is 0. The molecule has 5 heteroatoms. The number of nitrogens with zero attached hydrogens (tertiary/aromatic N) is 2. The van der Waals surface area contributed by atoms with Gasteiger partial charge in [0, 0.05) is 31.7 Å². The Morgan fingerprint density at radius 1 is 0.833 bits per heavy atom. The van der Waals surface area contributed by atoms with Crippen LogP contribution in [0.1, 0.15) is 16.7 Å².